The van der Waals surface area contributed by atoms with Crippen molar-refractivity contribution in [3.05, 3.63) is 62.9 Å². The van der Waals surface area contributed by atoms with Crippen molar-refractivity contribution in [1.82, 2.24) is 9.62 Å². The Morgan fingerprint density at radius 2 is 1.89 bits per heavy atom. The Morgan fingerprint density at radius 3 is 2.51 bits per heavy atom. The summed E-state index contributed by atoms with van der Waals surface area (Å²) in [5, 5.41) is 1.37. The van der Waals surface area contributed by atoms with Crippen LogP contribution >= 0.6 is 23.2 Å². The molecule has 2 aliphatic rings. The largest absolute Gasteiger partial charge is 0.493 e. The van der Waals surface area contributed by atoms with Gasteiger partial charge in [-0.1, -0.05) is 30.1 Å². The van der Waals surface area contributed by atoms with Crippen molar-refractivity contribution in [2.24, 2.45) is 5.41 Å². The summed E-state index contributed by atoms with van der Waals surface area (Å²) in [4.78, 5) is 14.6. The minimum Gasteiger partial charge on any atom is -0.493 e. The summed E-state index contributed by atoms with van der Waals surface area (Å²) in [5.41, 5.74) is 1.38. The van der Waals surface area contributed by atoms with Gasteiger partial charge in [-0.3, -0.25) is 9.69 Å². The van der Waals surface area contributed by atoms with Crippen molar-refractivity contribution in [3.63, 3.8) is 0 Å². The number of ether oxygens (including phenoxy) is 1. The second kappa shape index (κ2) is 10.2. The zero-order valence-corrected chi connectivity index (χ0v) is 22.1. The molecule has 0 radical (unpaired) electrons. The molecule has 1 aliphatic heterocycles. The number of piperidine rings is 1. The zero-order chi connectivity index (χ0) is 25.4. The van der Waals surface area contributed by atoms with Gasteiger partial charge in [0.1, 0.15) is 11.6 Å². The summed E-state index contributed by atoms with van der Waals surface area (Å²) in [6, 6.07) is 8.14. The van der Waals surface area contributed by atoms with Crippen LogP contribution in [0.5, 0.6) is 5.75 Å². The van der Waals surface area contributed by atoms with Gasteiger partial charge in [0, 0.05) is 28.1 Å². The van der Waals surface area contributed by atoms with Crippen LogP contribution in [-0.2, 0) is 16.6 Å². The van der Waals surface area contributed by atoms with Crippen LogP contribution in [0, 0.1) is 11.2 Å². The lowest BCUT2D eigenvalue weighted by Gasteiger charge is -2.39. The number of nitrogens with zero attached hydrogens (tertiary/aromatic N) is 1. The molecular formula is C25H29Cl2FN2O4S. The van der Waals surface area contributed by atoms with Crippen LogP contribution in [0.15, 0.2) is 30.3 Å². The molecular weight excluding hydrogens is 514 g/mol. The molecule has 190 valence electrons. The summed E-state index contributed by atoms with van der Waals surface area (Å²) in [6.45, 7) is 5.06. The fourth-order valence-corrected chi connectivity index (χ4v) is 5.18. The van der Waals surface area contributed by atoms with Gasteiger partial charge in [-0.25, -0.2) is 17.5 Å². The molecule has 1 N–H and O–H groups in total. The van der Waals surface area contributed by atoms with Crippen LogP contribution in [-0.4, -0.2) is 45.2 Å². The molecule has 1 amide bonds. The SMILES string of the molecule is CC1(COc2cc(F)c(C(=O)NS(C)(=O)=O)cc2C2CC2)CCN(Cc2cc(Cl)ccc2Cl)CC1. The van der Waals surface area contributed by atoms with E-state index in [9.17, 15) is 17.6 Å². The van der Waals surface area contributed by atoms with E-state index in [1.165, 1.54) is 12.1 Å². The monoisotopic (exact) mass is 542 g/mol. The van der Waals surface area contributed by atoms with Crippen LogP contribution in [0.1, 0.15) is 60.0 Å². The molecule has 0 atom stereocenters. The Bertz CT molecular complexity index is 1230. The number of rotatable bonds is 8. The molecule has 6 nitrogen and oxygen atoms in total. The summed E-state index contributed by atoms with van der Waals surface area (Å²) in [6.07, 6.45) is 4.51. The first-order valence-corrected chi connectivity index (χ1v) is 14.2. The van der Waals surface area contributed by atoms with Gasteiger partial charge in [0.2, 0.25) is 10.0 Å². The molecule has 2 fully saturated rings. The van der Waals surface area contributed by atoms with Crippen molar-refractivity contribution in [1.29, 1.82) is 0 Å². The number of likely N-dealkylation sites (tertiary alicyclic amines) is 1. The highest BCUT2D eigenvalue weighted by Crippen LogP contribution is 2.46. The van der Waals surface area contributed by atoms with E-state index >= 15 is 0 Å². The normalized spacial score (nSPS) is 18.3. The highest BCUT2D eigenvalue weighted by molar-refractivity contribution is 7.89. The van der Waals surface area contributed by atoms with E-state index in [1.807, 2.05) is 16.9 Å². The Morgan fingerprint density at radius 1 is 1.20 bits per heavy atom. The molecule has 0 spiro atoms. The van der Waals surface area contributed by atoms with E-state index in [-0.39, 0.29) is 16.9 Å². The van der Waals surface area contributed by atoms with Gasteiger partial charge in [-0.05, 0) is 80.1 Å². The van der Waals surface area contributed by atoms with Crippen molar-refractivity contribution in [3.8, 4) is 5.75 Å². The smallest absolute Gasteiger partial charge is 0.267 e. The summed E-state index contributed by atoms with van der Waals surface area (Å²) < 4.78 is 45.5. The summed E-state index contributed by atoms with van der Waals surface area (Å²) in [7, 11) is -3.79. The minimum absolute atomic E-state index is 0.0851. The lowest BCUT2D eigenvalue weighted by molar-refractivity contribution is 0.0651. The fourth-order valence-electron chi connectivity index (χ4n) is 4.36. The molecule has 35 heavy (non-hydrogen) atoms. The first-order chi connectivity index (χ1) is 16.4. The predicted octanol–water partition coefficient (Wildman–Crippen LogP) is 5.38. The number of nitrogens with one attached hydrogen (secondary N) is 1. The molecule has 0 aromatic heterocycles. The van der Waals surface area contributed by atoms with Crippen molar-refractivity contribution in [2.75, 3.05) is 26.0 Å². The predicted molar refractivity (Wildman–Crippen MR) is 135 cm³/mol. The minimum atomic E-state index is -3.79. The third kappa shape index (κ3) is 6.88. The van der Waals surface area contributed by atoms with Crippen LogP contribution in [0.25, 0.3) is 0 Å². The van der Waals surface area contributed by atoms with E-state index in [2.05, 4.69) is 11.8 Å². The lowest BCUT2D eigenvalue weighted by atomic mass is 9.81. The molecule has 10 heteroatoms. The van der Waals surface area contributed by atoms with Crippen LogP contribution in [0.3, 0.4) is 0 Å². The maximum atomic E-state index is 14.8. The number of hydrogen-bond donors (Lipinski definition) is 1. The molecule has 2 aromatic carbocycles. The average molecular weight is 543 g/mol. The van der Waals surface area contributed by atoms with Gasteiger partial charge in [-0.15, -0.1) is 0 Å². The Kier molecular flexibility index (Phi) is 7.67. The quantitative estimate of drug-likeness (QED) is 0.484. The van der Waals surface area contributed by atoms with E-state index < -0.39 is 21.7 Å². The standard InChI is InChI=1S/C25H29Cl2FN2O4S/c1-25(7-9-30(10-8-25)14-17-11-18(26)5-6-21(17)27)15-34-23-13-22(28)20(12-19(23)16-3-4-16)24(31)29-35(2,32)33/h5-6,11-13,16H,3-4,7-10,14-15H2,1-2H3,(H,29,31). The number of amides is 1. The molecule has 1 heterocycles. The van der Waals surface area contributed by atoms with Crippen molar-refractivity contribution >= 4 is 39.1 Å². The molecule has 2 aromatic rings. The summed E-state index contributed by atoms with van der Waals surface area (Å²) in [5.74, 6) is -1.16. The fraction of sp³-hybridized carbons (Fsp3) is 0.480. The second-order valence-electron chi connectivity index (χ2n) is 9.96. The Hall–Kier alpha value is -1.87. The van der Waals surface area contributed by atoms with E-state index in [0.29, 0.717) is 22.4 Å². The summed E-state index contributed by atoms with van der Waals surface area (Å²) >= 11 is 12.4. The van der Waals surface area contributed by atoms with Crippen LogP contribution in [0.4, 0.5) is 4.39 Å². The van der Waals surface area contributed by atoms with E-state index in [4.69, 9.17) is 27.9 Å². The maximum absolute atomic E-state index is 14.8. The lowest BCUT2D eigenvalue weighted by Crippen LogP contribution is -2.41. The van der Waals surface area contributed by atoms with Crippen molar-refractivity contribution in [2.45, 2.75) is 45.1 Å². The van der Waals surface area contributed by atoms with Gasteiger partial charge in [0.15, 0.2) is 0 Å². The second-order valence-corrected chi connectivity index (χ2v) is 12.6. The molecule has 1 saturated carbocycles. The topological polar surface area (TPSA) is 75.7 Å². The Labute approximate surface area is 215 Å². The van der Waals surface area contributed by atoms with E-state index in [1.54, 1.807) is 6.07 Å². The van der Waals surface area contributed by atoms with Gasteiger partial charge >= 0.3 is 0 Å². The number of halogens is 3. The number of carbonyl (C=O) groups excluding carboxylic acids is 1. The molecule has 4 rings (SSSR count). The highest BCUT2D eigenvalue weighted by atomic mass is 35.5. The maximum Gasteiger partial charge on any atom is 0.267 e. The zero-order valence-electron chi connectivity index (χ0n) is 19.7. The number of hydrogen-bond acceptors (Lipinski definition) is 5. The third-order valence-corrected chi connectivity index (χ3v) is 7.84. The molecule has 1 aliphatic carbocycles. The number of benzene rings is 2. The third-order valence-electron chi connectivity index (χ3n) is 6.68. The van der Waals surface area contributed by atoms with Crippen molar-refractivity contribution < 1.29 is 22.3 Å². The first kappa shape index (κ1) is 26.2. The van der Waals surface area contributed by atoms with Crippen LogP contribution in [0.2, 0.25) is 10.0 Å². The Balaban J connectivity index is 1.40. The first-order valence-electron chi connectivity index (χ1n) is 11.6. The molecule has 1 saturated heterocycles. The van der Waals surface area contributed by atoms with Gasteiger partial charge < -0.3 is 4.74 Å². The number of carbonyl (C=O) groups is 1. The van der Waals surface area contributed by atoms with Gasteiger partial charge in [0.05, 0.1) is 18.4 Å². The average Bonchev–Trinajstić information content (AvgIpc) is 3.61. The van der Waals surface area contributed by atoms with E-state index in [0.717, 1.165) is 62.7 Å². The highest BCUT2D eigenvalue weighted by Gasteiger charge is 2.34. The van der Waals surface area contributed by atoms with Crippen LogP contribution < -0.4 is 9.46 Å². The number of sulfonamides is 1. The van der Waals surface area contributed by atoms with Gasteiger partial charge in [-0.2, -0.15) is 0 Å². The molecule has 0 unspecified atom stereocenters. The molecule has 0 bridgehead atoms. The van der Waals surface area contributed by atoms with Gasteiger partial charge in [0.25, 0.3) is 5.91 Å².